The van der Waals surface area contributed by atoms with Crippen molar-refractivity contribution in [2.75, 3.05) is 6.54 Å². The van der Waals surface area contributed by atoms with E-state index >= 15 is 0 Å². The van der Waals surface area contributed by atoms with Crippen molar-refractivity contribution < 1.29 is 0 Å². The Morgan fingerprint density at radius 1 is 1.00 bits per heavy atom. The number of rotatable bonds is 5. The van der Waals surface area contributed by atoms with Gasteiger partial charge in [-0.25, -0.2) is 0 Å². The Hall–Kier alpha value is -2.46. The largest absolute Gasteiger partial charge is 0.305 e. The topological polar surface area (TPSA) is 53.6 Å². The molecule has 1 unspecified atom stereocenters. The molecule has 2 aromatic carbocycles. The molecule has 3 rings (SSSR count). The minimum atomic E-state index is 0.0681. The number of benzene rings is 2. The molecular weight excluding hydrogens is 260 g/mol. The lowest BCUT2D eigenvalue weighted by Gasteiger charge is -2.16. The summed E-state index contributed by atoms with van der Waals surface area (Å²) in [6.45, 7) is 2.96. The summed E-state index contributed by atoms with van der Waals surface area (Å²) in [7, 11) is 0. The lowest BCUT2D eigenvalue weighted by atomic mass is 9.99. The summed E-state index contributed by atoms with van der Waals surface area (Å²) in [5.41, 5.74) is 4.54. The van der Waals surface area contributed by atoms with Gasteiger partial charge in [-0.15, -0.1) is 0 Å². The fourth-order valence-corrected chi connectivity index (χ4v) is 2.45. The molecule has 0 saturated carbocycles. The van der Waals surface area contributed by atoms with Crippen molar-refractivity contribution in [3.63, 3.8) is 0 Å². The lowest BCUT2D eigenvalue weighted by molar-refractivity contribution is 0.613. The maximum absolute atomic E-state index is 4.19. The predicted molar refractivity (Wildman–Crippen MR) is 83.8 cm³/mol. The van der Waals surface area contributed by atoms with Crippen LogP contribution in [0.5, 0.6) is 0 Å². The Bertz CT molecular complexity index is 660. The average Bonchev–Trinajstić information content (AvgIpc) is 3.08. The first-order valence-electron chi connectivity index (χ1n) is 7.13. The molecule has 0 amide bonds. The number of hydrogen-bond donors (Lipinski definition) is 2. The quantitative estimate of drug-likeness (QED) is 0.753. The molecule has 0 bridgehead atoms. The fraction of sp³-hybridized carbons (Fsp3) is 0.176. The molecule has 1 heterocycles. The summed E-state index contributed by atoms with van der Waals surface area (Å²) in [6.07, 6.45) is 1.76. The van der Waals surface area contributed by atoms with E-state index in [2.05, 4.69) is 76.2 Å². The Morgan fingerprint density at radius 3 is 2.33 bits per heavy atom. The molecule has 0 aliphatic rings. The lowest BCUT2D eigenvalue weighted by Crippen LogP contribution is -2.22. The van der Waals surface area contributed by atoms with Gasteiger partial charge in [0.25, 0.3) is 0 Å². The molecule has 0 aliphatic heterocycles. The van der Waals surface area contributed by atoms with Gasteiger partial charge >= 0.3 is 0 Å². The summed E-state index contributed by atoms with van der Waals surface area (Å²) >= 11 is 0. The Balaban J connectivity index is 1.89. The van der Waals surface area contributed by atoms with Crippen molar-refractivity contribution >= 4 is 0 Å². The first kappa shape index (κ1) is 13.5. The highest BCUT2D eigenvalue weighted by Gasteiger charge is 2.15. The van der Waals surface area contributed by atoms with Gasteiger partial charge < -0.3 is 5.32 Å². The van der Waals surface area contributed by atoms with Crippen LogP contribution >= 0.6 is 0 Å². The number of nitrogens with zero attached hydrogens (tertiary/aromatic N) is 2. The van der Waals surface area contributed by atoms with Gasteiger partial charge in [-0.2, -0.15) is 15.4 Å². The molecule has 0 radical (unpaired) electrons. The van der Waals surface area contributed by atoms with Gasteiger partial charge in [-0.3, -0.25) is 0 Å². The van der Waals surface area contributed by atoms with Crippen molar-refractivity contribution in [3.8, 4) is 11.1 Å². The fourth-order valence-electron chi connectivity index (χ4n) is 2.45. The van der Waals surface area contributed by atoms with Crippen molar-refractivity contribution in [2.45, 2.75) is 13.0 Å². The molecule has 3 aromatic rings. The summed E-state index contributed by atoms with van der Waals surface area (Å²) in [4.78, 5) is 0. The van der Waals surface area contributed by atoms with Crippen LogP contribution in [-0.4, -0.2) is 22.0 Å². The van der Waals surface area contributed by atoms with E-state index in [0.29, 0.717) is 0 Å². The van der Waals surface area contributed by atoms with E-state index in [9.17, 15) is 0 Å². The summed E-state index contributed by atoms with van der Waals surface area (Å²) < 4.78 is 0. The van der Waals surface area contributed by atoms with E-state index in [0.717, 1.165) is 12.2 Å². The van der Waals surface area contributed by atoms with Crippen LogP contribution < -0.4 is 5.32 Å². The van der Waals surface area contributed by atoms with Gasteiger partial charge in [0, 0.05) is 0 Å². The molecule has 0 fully saturated rings. The summed E-state index contributed by atoms with van der Waals surface area (Å²) in [5.74, 6) is 0. The van der Waals surface area contributed by atoms with E-state index in [1.165, 1.54) is 16.7 Å². The number of H-pyrrole nitrogens is 1. The van der Waals surface area contributed by atoms with Gasteiger partial charge in [-0.05, 0) is 23.2 Å². The minimum absolute atomic E-state index is 0.0681. The van der Waals surface area contributed by atoms with E-state index in [4.69, 9.17) is 0 Å². The number of hydrogen-bond acceptors (Lipinski definition) is 3. The molecular formula is C17H18N4. The van der Waals surface area contributed by atoms with Gasteiger partial charge in [0.2, 0.25) is 0 Å². The van der Waals surface area contributed by atoms with Gasteiger partial charge in [0.15, 0.2) is 0 Å². The van der Waals surface area contributed by atoms with Crippen molar-refractivity contribution in [2.24, 2.45) is 0 Å². The SMILES string of the molecule is CCNC(c1ccc(-c2ccccc2)cc1)c1cn[nH]n1. The highest BCUT2D eigenvalue weighted by molar-refractivity contribution is 5.63. The second-order valence-electron chi connectivity index (χ2n) is 4.87. The Morgan fingerprint density at radius 2 is 1.71 bits per heavy atom. The zero-order chi connectivity index (χ0) is 14.5. The van der Waals surface area contributed by atoms with Crippen LogP contribution in [0.25, 0.3) is 11.1 Å². The molecule has 106 valence electrons. The molecule has 0 saturated heterocycles. The minimum Gasteiger partial charge on any atom is -0.305 e. The molecule has 0 aliphatic carbocycles. The van der Waals surface area contributed by atoms with Crippen molar-refractivity contribution in [3.05, 3.63) is 72.1 Å². The predicted octanol–water partition coefficient (Wildman–Crippen LogP) is 3.17. The summed E-state index contributed by atoms with van der Waals surface area (Å²) in [6, 6.07) is 19.0. The third-order valence-corrected chi connectivity index (χ3v) is 3.49. The third kappa shape index (κ3) is 3.01. The normalized spacial score (nSPS) is 12.2. The molecule has 4 heteroatoms. The van der Waals surface area contributed by atoms with Crippen molar-refractivity contribution in [1.82, 2.24) is 20.7 Å². The van der Waals surface area contributed by atoms with E-state index in [-0.39, 0.29) is 6.04 Å². The number of nitrogens with one attached hydrogen (secondary N) is 2. The highest BCUT2D eigenvalue weighted by atomic mass is 15.3. The van der Waals surface area contributed by atoms with Crippen LogP contribution in [0.15, 0.2) is 60.8 Å². The van der Waals surface area contributed by atoms with Gasteiger partial charge in [-0.1, -0.05) is 61.5 Å². The molecule has 2 N–H and O–H groups in total. The molecule has 0 spiro atoms. The Kier molecular flexibility index (Phi) is 4.07. The first-order valence-corrected chi connectivity index (χ1v) is 7.13. The second kappa shape index (κ2) is 6.33. The molecule has 1 aromatic heterocycles. The van der Waals surface area contributed by atoms with Crippen LogP contribution in [0.3, 0.4) is 0 Å². The number of aromatic nitrogens is 3. The maximum Gasteiger partial charge on any atom is 0.104 e. The zero-order valence-electron chi connectivity index (χ0n) is 12.0. The maximum atomic E-state index is 4.19. The van der Waals surface area contributed by atoms with Crippen molar-refractivity contribution in [1.29, 1.82) is 0 Å². The smallest absolute Gasteiger partial charge is 0.104 e. The van der Waals surface area contributed by atoms with E-state index < -0.39 is 0 Å². The highest BCUT2D eigenvalue weighted by Crippen LogP contribution is 2.24. The van der Waals surface area contributed by atoms with Crippen LogP contribution in [0.2, 0.25) is 0 Å². The van der Waals surface area contributed by atoms with Crippen LogP contribution in [0.1, 0.15) is 24.2 Å². The number of aromatic amines is 1. The molecule has 21 heavy (non-hydrogen) atoms. The van der Waals surface area contributed by atoms with Crippen LogP contribution in [0.4, 0.5) is 0 Å². The average molecular weight is 278 g/mol. The standard InChI is InChI=1S/C17H18N4/c1-2-18-17(16-12-19-21-20-16)15-10-8-14(9-11-15)13-6-4-3-5-7-13/h3-12,17-18H,2H2,1H3,(H,19,20,21). The first-order chi connectivity index (χ1) is 10.4. The van der Waals surface area contributed by atoms with E-state index in [1.807, 2.05) is 6.07 Å². The summed E-state index contributed by atoms with van der Waals surface area (Å²) in [5, 5.41) is 14.2. The monoisotopic (exact) mass is 278 g/mol. The van der Waals surface area contributed by atoms with Gasteiger partial charge in [0.1, 0.15) is 5.69 Å². The zero-order valence-corrected chi connectivity index (χ0v) is 12.0. The van der Waals surface area contributed by atoms with E-state index in [1.54, 1.807) is 6.20 Å². The Labute approximate surface area is 124 Å². The van der Waals surface area contributed by atoms with Gasteiger partial charge in [0.05, 0.1) is 12.2 Å². The molecule has 1 atom stereocenters. The second-order valence-corrected chi connectivity index (χ2v) is 4.87. The third-order valence-electron chi connectivity index (χ3n) is 3.49. The van der Waals surface area contributed by atoms with Crippen LogP contribution in [0, 0.1) is 0 Å². The van der Waals surface area contributed by atoms with Crippen LogP contribution in [-0.2, 0) is 0 Å². The molecule has 4 nitrogen and oxygen atoms in total.